The molecule has 0 aliphatic rings. The van der Waals surface area contributed by atoms with Crippen LogP contribution < -0.4 is 0 Å². The minimum atomic E-state index is 1.07. The molecule has 1 aromatic carbocycles. The van der Waals surface area contributed by atoms with Crippen LogP contribution >= 0.6 is 0 Å². The van der Waals surface area contributed by atoms with E-state index in [-0.39, 0.29) is 0 Å². The van der Waals surface area contributed by atoms with Crippen molar-refractivity contribution in [3.05, 3.63) is 48.0 Å². The molecule has 0 bridgehead atoms. The molecule has 0 amide bonds. The van der Waals surface area contributed by atoms with Crippen LogP contribution in [-0.4, -0.2) is 0 Å². The van der Waals surface area contributed by atoms with Crippen LogP contribution in [0.4, 0.5) is 0 Å². The lowest BCUT2D eigenvalue weighted by Crippen LogP contribution is -1.77. The Labute approximate surface area is 88.0 Å². The highest BCUT2D eigenvalue weighted by molar-refractivity contribution is 5.64. The molecular formula is C14H20. The van der Waals surface area contributed by atoms with Crippen molar-refractivity contribution in [1.29, 1.82) is 0 Å². The Morgan fingerprint density at radius 2 is 1.71 bits per heavy atom. The van der Waals surface area contributed by atoms with Crippen LogP contribution in [0.1, 0.15) is 38.3 Å². The summed E-state index contributed by atoms with van der Waals surface area (Å²) in [6.45, 7) is 9.90. The van der Waals surface area contributed by atoms with Crippen LogP contribution in [0.3, 0.4) is 0 Å². The highest BCUT2D eigenvalue weighted by Gasteiger charge is 1.90. The fourth-order valence-corrected chi connectivity index (χ4v) is 1.09. The van der Waals surface area contributed by atoms with Crippen molar-refractivity contribution in [2.24, 2.45) is 0 Å². The van der Waals surface area contributed by atoms with E-state index in [0.29, 0.717) is 0 Å². The Morgan fingerprint density at radius 3 is 2.21 bits per heavy atom. The minimum Gasteiger partial charge on any atom is -0.0984 e. The van der Waals surface area contributed by atoms with Crippen molar-refractivity contribution in [1.82, 2.24) is 0 Å². The zero-order chi connectivity index (χ0) is 10.8. The maximum absolute atomic E-state index is 3.77. The fraction of sp³-hybridized carbons (Fsp3) is 0.286. The largest absolute Gasteiger partial charge is 0.0984 e. The summed E-state index contributed by atoms with van der Waals surface area (Å²) in [4.78, 5) is 0. The molecule has 0 nitrogen and oxygen atoms in total. The summed E-state index contributed by atoms with van der Waals surface area (Å²) < 4.78 is 0. The monoisotopic (exact) mass is 188 g/mol. The molecule has 14 heavy (non-hydrogen) atoms. The molecule has 0 N–H and O–H groups in total. The topological polar surface area (TPSA) is 0 Å². The second-order valence-electron chi connectivity index (χ2n) is 2.64. The standard InChI is InChI=1S/C12H14.C2H6/c1-3-5-8-12-10-7-6-9-11(12)4-2;1-2/h4-10H,2-3H2,1H3;1-2H3/b8-5-;. The van der Waals surface area contributed by atoms with Gasteiger partial charge in [0.2, 0.25) is 0 Å². The van der Waals surface area contributed by atoms with Crippen molar-refractivity contribution < 1.29 is 0 Å². The molecule has 76 valence electrons. The molecule has 0 heterocycles. The summed E-state index contributed by atoms with van der Waals surface area (Å²) in [6, 6.07) is 8.24. The molecule has 0 heteroatoms. The van der Waals surface area contributed by atoms with E-state index >= 15 is 0 Å². The maximum atomic E-state index is 3.77. The summed E-state index contributed by atoms with van der Waals surface area (Å²) in [5.74, 6) is 0. The predicted molar refractivity (Wildman–Crippen MR) is 67.2 cm³/mol. The summed E-state index contributed by atoms with van der Waals surface area (Å²) in [6.07, 6.45) is 7.25. The Balaban J connectivity index is 0.000000791. The van der Waals surface area contributed by atoms with Gasteiger partial charge in [0, 0.05) is 0 Å². The number of allylic oxidation sites excluding steroid dienone is 1. The Kier molecular flexibility index (Phi) is 7.53. The SMILES string of the molecule is C=Cc1ccccc1/C=C\CC.CC. The van der Waals surface area contributed by atoms with Crippen molar-refractivity contribution in [2.45, 2.75) is 27.2 Å². The lowest BCUT2D eigenvalue weighted by molar-refractivity contribution is 1.23. The molecule has 0 saturated carbocycles. The second-order valence-corrected chi connectivity index (χ2v) is 2.64. The zero-order valence-corrected chi connectivity index (χ0v) is 9.46. The Bertz CT molecular complexity index is 282. The van der Waals surface area contributed by atoms with Gasteiger partial charge in [0.1, 0.15) is 0 Å². The Hall–Kier alpha value is -1.30. The van der Waals surface area contributed by atoms with Crippen molar-refractivity contribution in [3.63, 3.8) is 0 Å². The van der Waals surface area contributed by atoms with Gasteiger partial charge in [-0.3, -0.25) is 0 Å². The number of rotatable bonds is 3. The molecule has 1 aromatic rings. The van der Waals surface area contributed by atoms with Crippen LogP contribution in [0.5, 0.6) is 0 Å². The summed E-state index contributed by atoms with van der Waals surface area (Å²) in [5.41, 5.74) is 2.44. The van der Waals surface area contributed by atoms with Gasteiger partial charge in [0.15, 0.2) is 0 Å². The van der Waals surface area contributed by atoms with Crippen LogP contribution in [0.25, 0.3) is 12.2 Å². The first-order chi connectivity index (χ1) is 6.88. The van der Waals surface area contributed by atoms with Gasteiger partial charge in [-0.05, 0) is 17.5 Å². The summed E-state index contributed by atoms with van der Waals surface area (Å²) in [7, 11) is 0. The third kappa shape index (κ3) is 4.08. The van der Waals surface area contributed by atoms with Crippen LogP contribution in [0.2, 0.25) is 0 Å². The molecule has 1 rings (SSSR count). The summed E-state index contributed by atoms with van der Waals surface area (Å²) in [5, 5.41) is 0. The van der Waals surface area contributed by atoms with Crippen LogP contribution in [-0.2, 0) is 0 Å². The molecule has 0 saturated heterocycles. The molecular weight excluding hydrogens is 168 g/mol. The van der Waals surface area contributed by atoms with E-state index in [2.05, 4.69) is 37.8 Å². The van der Waals surface area contributed by atoms with E-state index in [1.54, 1.807) is 0 Å². The van der Waals surface area contributed by atoms with Gasteiger partial charge < -0.3 is 0 Å². The molecule has 0 aromatic heterocycles. The van der Waals surface area contributed by atoms with Gasteiger partial charge in [-0.15, -0.1) is 0 Å². The number of hydrogen-bond donors (Lipinski definition) is 0. The molecule has 0 fully saturated rings. The zero-order valence-electron chi connectivity index (χ0n) is 9.46. The Morgan fingerprint density at radius 1 is 1.14 bits per heavy atom. The average Bonchev–Trinajstić information content (AvgIpc) is 2.29. The first-order valence-corrected chi connectivity index (χ1v) is 5.26. The summed E-state index contributed by atoms with van der Waals surface area (Å²) >= 11 is 0. The van der Waals surface area contributed by atoms with Gasteiger partial charge in [-0.1, -0.05) is 69.8 Å². The van der Waals surface area contributed by atoms with Gasteiger partial charge in [-0.2, -0.15) is 0 Å². The number of hydrogen-bond acceptors (Lipinski definition) is 0. The van der Waals surface area contributed by atoms with Gasteiger partial charge in [-0.25, -0.2) is 0 Å². The molecule has 0 radical (unpaired) electrons. The normalized spacial score (nSPS) is 9.36. The van der Waals surface area contributed by atoms with Crippen molar-refractivity contribution in [3.8, 4) is 0 Å². The van der Waals surface area contributed by atoms with Gasteiger partial charge in [0.25, 0.3) is 0 Å². The lowest BCUT2D eigenvalue weighted by Gasteiger charge is -1.98. The van der Waals surface area contributed by atoms with Crippen molar-refractivity contribution in [2.75, 3.05) is 0 Å². The first-order valence-electron chi connectivity index (χ1n) is 5.26. The van der Waals surface area contributed by atoms with E-state index < -0.39 is 0 Å². The maximum Gasteiger partial charge on any atom is -0.0187 e. The first kappa shape index (κ1) is 12.7. The highest BCUT2D eigenvalue weighted by atomic mass is 14.0. The van der Waals surface area contributed by atoms with E-state index in [4.69, 9.17) is 0 Å². The average molecular weight is 188 g/mol. The molecule has 0 aliphatic heterocycles. The van der Waals surface area contributed by atoms with E-state index in [1.165, 1.54) is 11.1 Å². The van der Waals surface area contributed by atoms with E-state index in [1.807, 2.05) is 32.1 Å². The van der Waals surface area contributed by atoms with E-state index in [0.717, 1.165) is 6.42 Å². The third-order valence-electron chi connectivity index (χ3n) is 1.75. The molecule has 0 atom stereocenters. The van der Waals surface area contributed by atoms with Gasteiger partial charge in [0.05, 0.1) is 0 Å². The second kappa shape index (κ2) is 8.31. The molecule has 0 aliphatic carbocycles. The van der Waals surface area contributed by atoms with Crippen LogP contribution in [0, 0.1) is 0 Å². The highest BCUT2D eigenvalue weighted by Crippen LogP contribution is 2.11. The van der Waals surface area contributed by atoms with Gasteiger partial charge >= 0.3 is 0 Å². The third-order valence-corrected chi connectivity index (χ3v) is 1.75. The molecule has 0 spiro atoms. The number of benzene rings is 1. The minimum absolute atomic E-state index is 1.07. The lowest BCUT2D eigenvalue weighted by atomic mass is 10.1. The van der Waals surface area contributed by atoms with Crippen molar-refractivity contribution >= 4 is 12.2 Å². The quantitative estimate of drug-likeness (QED) is 0.640. The fourth-order valence-electron chi connectivity index (χ4n) is 1.09. The van der Waals surface area contributed by atoms with Crippen LogP contribution in [0.15, 0.2) is 36.9 Å². The predicted octanol–water partition coefficient (Wildman–Crippen LogP) is 4.78. The smallest absolute Gasteiger partial charge is 0.0187 e. The molecule has 0 unspecified atom stereocenters. The van der Waals surface area contributed by atoms with E-state index in [9.17, 15) is 0 Å².